The van der Waals surface area contributed by atoms with E-state index in [2.05, 4.69) is 12.2 Å². The fourth-order valence-electron chi connectivity index (χ4n) is 0.835. The molecule has 1 aromatic carbocycles. The van der Waals surface area contributed by atoms with Gasteiger partial charge in [-0.1, -0.05) is 0 Å². The zero-order chi connectivity index (χ0) is 9.68. The first-order valence-corrected chi connectivity index (χ1v) is 5.26. The van der Waals surface area contributed by atoms with E-state index in [1.807, 2.05) is 19.2 Å². The average molecular weight is 199 g/mol. The minimum Gasteiger partial charge on any atom is -0.316 e. The predicted molar refractivity (Wildman–Crippen MR) is 55.6 cm³/mol. The van der Waals surface area contributed by atoms with Crippen LogP contribution in [0.4, 0.5) is 4.39 Å². The Morgan fingerprint density at radius 3 is 2.54 bits per heavy atom. The van der Waals surface area contributed by atoms with E-state index >= 15 is 0 Å². The molecule has 0 saturated carbocycles. The normalized spacial score (nSPS) is 12.8. The molecule has 1 rings (SSSR count). The summed E-state index contributed by atoms with van der Waals surface area (Å²) in [5, 5.41) is 3.15. The summed E-state index contributed by atoms with van der Waals surface area (Å²) in [6.45, 7) is 2.12. The minimum absolute atomic E-state index is 0.175. The predicted octanol–water partition coefficient (Wildman–Crippen LogP) is 2.53. The van der Waals surface area contributed by atoms with Crippen molar-refractivity contribution in [2.24, 2.45) is 0 Å². The Balaban J connectivity index is 2.41. The molecule has 0 aliphatic carbocycles. The molecule has 0 fully saturated rings. The van der Waals surface area contributed by atoms with Crippen LogP contribution in [0.3, 0.4) is 0 Å². The maximum Gasteiger partial charge on any atom is 0.123 e. The fourth-order valence-corrected chi connectivity index (χ4v) is 1.77. The number of benzene rings is 1. The van der Waals surface area contributed by atoms with Crippen LogP contribution in [0.1, 0.15) is 6.92 Å². The van der Waals surface area contributed by atoms with Gasteiger partial charge in [0, 0.05) is 16.7 Å². The maximum atomic E-state index is 12.5. The quantitative estimate of drug-likeness (QED) is 0.748. The van der Waals surface area contributed by atoms with E-state index in [0.29, 0.717) is 6.04 Å². The van der Waals surface area contributed by atoms with E-state index in [-0.39, 0.29) is 5.82 Å². The molecule has 1 unspecified atom stereocenters. The standard InChI is InChI=1S/C10H14FNS/c1-8(12-2)7-13-10-5-3-9(11)4-6-10/h3-6,8,12H,7H2,1-2H3. The van der Waals surface area contributed by atoms with Gasteiger partial charge in [0.2, 0.25) is 0 Å². The Morgan fingerprint density at radius 2 is 2.00 bits per heavy atom. The highest BCUT2D eigenvalue weighted by Gasteiger charge is 1.99. The van der Waals surface area contributed by atoms with Gasteiger partial charge in [-0.15, -0.1) is 11.8 Å². The lowest BCUT2D eigenvalue weighted by Crippen LogP contribution is -2.23. The van der Waals surface area contributed by atoms with Crippen LogP contribution < -0.4 is 5.32 Å². The molecular weight excluding hydrogens is 185 g/mol. The largest absolute Gasteiger partial charge is 0.316 e. The summed E-state index contributed by atoms with van der Waals surface area (Å²) in [6, 6.07) is 7.08. The van der Waals surface area contributed by atoms with Crippen LogP contribution in [0.15, 0.2) is 29.2 Å². The molecule has 72 valence electrons. The SMILES string of the molecule is CNC(C)CSc1ccc(F)cc1. The molecule has 0 amide bonds. The first-order valence-electron chi connectivity index (χ1n) is 4.28. The van der Waals surface area contributed by atoms with E-state index in [4.69, 9.17) is 0 Å². The second kappa shape index (κ2) is 5.25. The highest BCUT2D eigenvalue weighted by atomic mass is 32.2. The number of halogens is 1. The Bertz CT molecular complexity index is 248. The summed E-state index contributed by atoms with van der Waals surface area (Å²) in [5.74, 6) is 0.827. The maximum absolute atomic E-state index is 12.5. The Kier molecular flexibility index (Phi) is 4.25. The molecule has 3 heteroatoms. The summed E-state index contributed by atoms with van der Waals surface area (Å²) in [4.78, 5) is 1.11. The van der Waals surface area contributed by atoms with Crippen LogP contribution in [0, 0.1) is 5.82 Å². The molecule has 0 heterocycles. The van der Waals surface area contributed by atoms with Gasteiger partial charge in [0.1, 0.15) is 5.82 Å². The van der Waals surface area contributed by atoms with Crippen molar-refractivity contribution in [1.29, 1.82) is 0 Å². The highest BCUT2D eigenvalue weighted by molar-refractivity contribution is 7.99. The molecule has 0 bridgehead atoms. The first-order chi connectivity index (χ1) is 6.22. The van der Waals surface area contributed by atoms with E-state index in [0.717, 1.165) is 10.6 Å². The van der Waals surface area contributed by atoms with Crippen LogP contribution in [0.25, 0.3) is 0 Å². The Hall–Kier alpha value is -0.540. The topological polar surface area (TPSA) is 12.0 Å². The number of rotatable bonds is 4. The molecule has 1 N–H and O–H groups in total. The third kappa shape index (κ3) is 3.79. The summed E-state index contributed by atoms with van der Waals surface area (Å²) in [5.41, 5.74) is 0. The summed E-state index contributed by atoms with van der Waals surface area (Å²) in [6.07, 6.45) is 0. The van der Waals surface area contributed by atoms with Crippen molar-refractivity contribution >= 4 is 11.8 Å². The van der Waals surface area contributed by atoms with Gasteiger partial charge in [-0.2, -0.15) is 0 Å². The average Bonchev–Trinajstić information content (AvgIpc) is 2.16. The van der Waals surface area contributed by atoms with Crippen LogP contribution >= 0.6 is 11.8 Å². The number of nitrogens with one attached hydrogen (secondary N) is 1. The molecule has 1 atom stereocenters. The highest BCUT2D eigenvalue weighted by Crippen LogP contribution is 2.18. The molecule has 13 heavy (non-hydrogen) atoms. The molecule has 0 radical (unpaired) electrons. The lowest BCUT2D eigenvalue weighted by molar-refractivity contribution is 0.626. The van der Waals surface area contributed by atoms with E-state index in [1.54, 1.807) is 11.8 Å². The van der Waals surface area contributed by atoms with Crippen molar-refractivity contribution < 1.29 is 4.39 Å². The monoisotopic (exact) mass is 199 g/mol. The molecule has 0 aromatic heterocycles. The van der Waals surface area contributed by atoms with Crippen LogP contribution in [-0.4, -0.2) is 18.8 Å². The smallest absolute Gasteiger partial charge is 0.123 e. The van der Waals surface area contributed by atoms with E-state index in [1.165, 1.54) is 12.1 Å². The zero-order valence-electron chi connectivity index (χ0n) is 7.88. The van der Waals surface area contributed by atoms with Crippen LogP contribution in [-0.2, 0) is 0 Å². The molecule has 0 aliphatic rings. The Morgan fingerprint density at radius 1 is 1.38 bits per heavy atom. The molecule has 0 aliphatic heterocycles. The first kappa shape index (κ1) is 10.5. The molecule has 0 spiro atoms. The van der Waals surface area contributed by atoms with E-state index in [9.17, 15) is 4.39 Å². The lowest BCUT2D eigenvalue weighted by atomic mass is 10.3. The van der Waals surface area contributed by atoms with Gasteiger partial charge in [0.15, 0.2) is 0 Å². The number of thioether (sulfide) groups is 1. The summed E-state index contributed by atoms with van der Waals surface area (Å²) < 4.78 is 12.5. The van der Waals surface area contributed by atoms with Gasteiger partial charge in [0.05, 0.1) is 0 Å². The van der Waals surface area contributed by atoms with E-state index < -0.39 is 0 Å². The number of hydrogen-bond acceptors (Lipinski definition) is 2. The lowest BCUT2D eigenvalue weighted by Gasteiger charge is -2.08. The molecule has 1 aromatic rings. The van der Waals surface area contributed by atoms with Crippen molar-refractivity contribution in [3.05, 3.63) is 30.1 Å². The second-order valence-electron chi connectivity index (χ2n) is 2.95. The second-order valence-corrected chi connectivity index (χ2v) is 4.05. The van der Waals surface area contributed by atoms with Gasteiger partial charge >= 0.3 is 0 Å². The van der Waals surface area contributed by atoms with Gasteiger partial charge in [-0.3, -0.25) is 0 Å². The van der Waals surface area contributed by atoms with Crippen LogP contribution in [0.5, 0.6) is 0 Å². The molecular formula is C10H14FNS. The zero-order valence-corrected chi connectivity index (χ0v) is 8.70. The van der Waals surface area contributed by atoms with Crippen molar-refractivity contribution in [3.8, 4) is 0 Å². The van der Waals surface area contributed by atoms with Gasteiger partial charge in [-0.05, 0) is 38.2 Å². The Labute approximate surface area is 82.7 Å². The molecule has 1 nitrogen and oxygen atoms in total. The van der Waals surface area contributed by atoms with Crippen molar-refractivity contribution in [3.63, 3.8) is 0 Å². The minimum atomic E-state index is -0.175. The van der Waals surface area contributed by atoms with Gasteiger partial charge < -0.3 is 5.32 Å². The fraction of sp³-hybridized carbons (Fsp3) is 0.400. The van der Waals surface area contributed by atoms with Crippen molar-refractivity contribution in [1.82, 2.24) is 5.32 Å². The third-order valence-corrected chi connectivity index (χ3v) is 3.08. The van der Waals surface area contributed by atoms with Crippen molar-refractivity contribution in [2.45, 2.75) is 17.9 Å². The summed E-state index contributed by atoms with van der Waals surface area (Å²) >= 11 is 1.73. The number of hydrogen-bond donors (Lipinski definition) is 1. The van der Waals surface area contributed by atoms with Gasteiger partial charge in [0.25, 0.3) is 0 Å². The van der Waals surface area contributed by atoms with Crippen LogP contribution in [0.2, 0.25) is 0 Å². The summed E-state index contributed by atoms with van der Waals surface area (Å²) in [7, 11) is 1.94. The van der Waals surface area contributed by atoms with Crippen molar-refractivity contribution in [2.75, 3.05) is 12.8 Å². The van der Waals surface area contributed by atoms with Gasteiger partial charge in [-0.25, -0.2) is 4.39 Å². The molecule has 0 saturated heterocycles. The third-order valence-electron chi connectivity index (χ3n) is 1.81.